The van der Waals surface area contributed by atoms with E-state index in [2.05, 4.69) is 9.97 Å². The van der Waals surface area contributed by atoms with E-state index in [4.69, 9.17) is 0 Å². The maximum atomic E-state index is 13.2. The summed E-state index contributed by atoms with van der Waals surface area (Å²) in [6.45, 7) is 0. The van der Waals surface area contributed by atoms with Crippen molar-refractivity contribution in [3.05, 3.63) is 49.2 Å². The van der Waals surface area contributed by atoms with Gasteiger partial charge in [-0.15, -0.1) is 0 Å². The van der Waals surface area contributed by atoms with Gasteiger partial charge in [0, 0.05) is 11.5 Å². The number of nitrogens with one attached hydrogen (secondary N) is 1. The fourth-order valence-electron chi connectivity index (χ4n) is 1.93. The molecule has 1 aromatic carbocycles. The van der Waals surface area contributed by atoms with Gasteiger partial charge in [0.25, 0.3) is 5.56 Å². The Bertz CT molecular complexity index is 733. The van der Waals surface area contributed by atoms with Gasteiger partial charge < -0.3 is 4.98 Å². The molecule has 2 aromatic rings. The summed E-state index contributed by atoms with van der Waals surface area (Å²) < 4.78 is 39.9. The smallest absolute Gasteiger partial charge is 0.264 e. The Morgan fingerprint density at radius 3 is 2.35 bits per heavy atom. The van der Waals surface area contributed by atoms with Gasteiger partial charge in [-0.05, 0) is 47.6 Å². The zero-order valence-electron chi connectivity index (χ0n) is 10.0. The van der Waals surface area contributed by atoms with Crippen LogP contribution in [-0.4, -0.2) is 9.97 Å². The number of aromatic nitrogens is 2. The van der Waals surface area contributed by atoms with Crippen molar-refractivity contribution < 1.29 is 13.2 Å². The van der Waals surface area contributed by atoms with Crippen molar-refractivity contribution in [2.24, 2.45) is 0 Å². The van der Waals surface area contributed by atoms with Crippen LogP contribution in [-0.2, 0) is 0 Å². The van der Waals surface area contributed by atoms with E-state index in [1.54, 1.807) is 0 Å². The Morgan fingerprint density at radius 2 is 1.80 bits per heavy atom. The molecule has 7 heteroatoms. The molecule has 0 saturated heterocycles. The third-order valence-corrected chi connectivity index (χ3v) is 4.15. The number of aromatic amines is 1. The van der Waals surface area contributed by atoms with Crippen molar-refractivity contribution in [3.8, 4) is 11.4 Å². The third kappa shape index (κ3) is 2.34. The molecule has 0 bridgehead atoms. The van der Waals surface area contributed by atoms with Gasteiger partial charge in [-0.1, -0.05) is 0 Å². The van der Waals surface area contributed by atoms with E-state index >= 15 is 0 Å². The molecule has 1 fully saturated rings. The fourth-order valence-corrected chi connectivity index (χ4v) is 2.63. The first-order valence-corrected chi connectivity index (χ1v) is 7.00. The van der Waals surface area contributed by atoms with Crippen molar-refractivity contribution in [2.45, 2.75) is 18.8 Å². The molecule has 1 N–H and O–H groups in total. The van der Waals surface area contributed by atoms with Crippen molar-refractivity contribution in [1.82, 2.24) is 9.97 Å². The zero-order valence-corrected chi connectivity index (χ0v) is 12.2. The van der Waals surface area contributed by atoms with Crippen LogP contribution in [0.2, 0.25) is 0 Å². The van der Waals surface area contributed by atoms with Crippen LogP contribution >= 0.6 is 22.6 Å². The van der Waals surface area contributed by atoms with Gasteiger partial charge in [-0.3, -0.25) is 4.79 Å². The lowest BCUT2D eigenvalue weighted by Gasteiger charge is -2.07. The van der Waals surface area contributed by atoms with Crippen molar-refractivity contribution in [3.63, 3.8) is 0 Å². The molecule has 1 aliphatic rings. The first kappa shape index (κ1) is 13.6. The monoisotopic (exact) mass is 392 g/mol. The Balaban J connectivity index is 2.17. The SMILES string of the molecule is O=c1[nH]c(-c2cc(F)c(F)c(F)c2)nc(C2CC2)c1I. The van der Waals surface area contributed by atoms with Crippen LogP contribution in [0.3, 0.4) is 0 Å². The molecule has 0 aliphatic heterocycles. The van der Waals surface area contributed by atoms with Gasteiger partial charge >= 0.3 is 0 Å². The topological polar surface area (TPSA) is 45.8 Å². The van der Waals surface area contributed by atoms with Crippen LogP contribution in [0.15, 0.2) is 16.9 Å². The maximum Gasteiger partial charge on any atom is 0.264 e. The first-order valence-electron chi connectivity index (χ1n) is 5.92. The van der Waals surface area contributed by atoms with Crippen LogP contribution in [0.25, 0.3) is 11.4 Å². The van der Waals surface area contributed by atoms with Gasteiger partial charge in [-0.2, -0.15) is 0 Å². The quantitative estimate of drug-likeness (QED) is 0.630. The van der Waals surface area contributed by atoms with E-state index in [9.17, 15) is 18.0 Å². The highest BCUT2D eigenvalue weighted by Gasteiger charge is 2.29. The number of nitrogens with zero attached hydrogens (tertiary/aromatic N) is 1. The number of H-pyrrole nitrogens is 1. The van der Waals surface area contributed by atoms with Gasteiger partial charge in [0.15, 0.2) is 17.5 Å². The third-order valence-electron chi connectivity index (χ3n) is 3.11. The largest absolute Gasteiger partial charge is 0.306 e. The predicted molar refractivity (Wildman–Crippen MR) is 74.9 cm³/mol. The van der Waals surface area contributed by atoms with Gasteiger partial charge in [0.2, 0.25) is 0 Å². The molecule has 20 heavy (non-hydrogen) atoms. The van der Waals surface area contributed by atoms with Crippen LogP contribution in [0.4, 0.5) is 13.2 Å². The summed E-state index contributed by atoms with van der Waals surface area (Å²) in [4.78, 5) is 18.6. The van der Waals surface area contributed by atoms with E-state index in [1.165, 1.54) is 0 Å². The van der Waals surface area contributed by atoms with Crippen LogP contribution in [0.5, 0.6) is 0 Å². The summed E-state index contributed by atoms with van der Waals surface area (Å²) >= 11 is 1.90. The van der Waals surface area contributed by atoms with E-state index in [0.29, 0.717) is 9.26 Å². The van der Waals surface area contributed by atoms with Gasteiger partial charge in [0.05, 0.1) is 9.26 Å². The molecule has 3 rings (SSSR count). The Morgan fingerprint density at radius 1 is 1.20 bits per heavy atom. The van der Waals surface area contributed by atoms with E-state index in [1.807, 2.05) is 22.6 Å². The van der Waals surface area contributed by atoms with Crippen LogP contribution in [0, 0.1) is 21.0 Å². The number of halogens is 4. The fraction of sp³-hybridized carbons (Fsp3) is 0.231. The minimum atomic E-state index is -1.54. The average Bonchev–Trinajstić information content (AvgIpc) is 3.22. The van der Waals surface area contributed by atoms with E-state index in [-0.39, 0.29) is 22.9 Å². The number of benzene rings is 1. The second-order valence-electron chi connectivity index (χ2n) is 4.64. The predicted octanol–water partition coefficient (Wildman–Crippen LogP) is 3.34. The molecule has 1 aliphatic carbocycles. The van der Waals surface area contributed by atoms with Crippen molar-refractivity contribution in [2.75, 3.05) is 0 Å². The lowest BCUT2D eigenvalue weighted by molar-refractivity contribution is 0.447. The maximum absolute atomic E-state index is 13.2. The molecule has 0 unspecified atom stereocenters. The Kier molecular flexibility index (Phi) is 3.31. The minimum Gasteiger partial charge on any atom is -0.306 e. The summed E-state index contributed by atoms with van der Waals surface area (Å²) in [6.07, 6.45) is 1.88. The molecule has 104 valence electrons. The summed E-state index contributed by atoms with van der Waals surface area (Å²) in [5, 5.41) is 0. The first-order chi connectivity index (χ1) is 9.47. The normalized spacial score (nSPS) is 14.6. The molecule has 1 saturated carbocycles. The highest BCUT2D eigenvalue weighted by molar-refractivity contribution is 14.1. The summed E-state index contributed by atoms with van der Waals surface area (Å²) in [6, 6.07) is 1.64. The molecule has 1 heterocycles. The highest BCUT2D eigenvalue weighted by Crippen LogP contribution is 2.40. The number of hydrogen-bond donors (Lipinski definition) is 1. The summed E-state index contributed by atoms with van der Waals surface area (Å²) in [7, 11) is 0. The number of hydrogen-bond acceptors (Lipinski definition) is 2. The molecule has 0 amide bonds. The minimum absolute atomic E-state index is 0.0109. The van der Waals surface area contributed by atoms with Crippen LogP contribution < -0.4 is 5.56 Å². The molecule has 0 spiro atoms. The molecule has 3 nitrogen and oxygen atoms in total. The Hall–Kier alpha value is -1.38. The van der Waals surface area contributed by atoms with E-state index < -0.39 is 17.5 Å². The molecule has 0 radical (unpaired) electrons. The molecular formula is C13H8F3IN2O. The molecule has 0 atom stereocenters. The lowest BCUT2D eigenvalue weighted by Crippen LogP contribution is -2.16. The molecule has 1 aromatic heterocycles. The van der Waals surface area contributed by atoms with Gasteiger partial charge in [-0.25, -0.2) is 18.2 Å². The van der Waals surface area contributed by atoms with E-state index in [0.717, 1.165) is 25.0 Å². The second kappa shape index (κ2) is 4.87. The molecular weight excluding hydrogens is 384 g/mol. The number of rotatable bonds is 2. The summed E-state index contributed by atoms with van der Waals surface area (Å²) in [5.41, 5.74) is 0.286. The van der Waals surface area contributed by atoms with Crippen molar-refractivity contribution >= 4 is 22.6 Å². The standard InChI is InChI=1S/C13H8F3IN2O/c14-7-3-6(4-8(15)9(7)16)12-18-11(5-1-2-5)10(17)13(20)19-12/h3-5H,1-2H2,(H,18,19,20). The van der Waals surface area contributed by atoms with Gasteiger partial charge in [0.1, 0.15) is 5.82 Å². The van der Waals surface area contributed by atoms with Crippen molar-refractivity contribution in [1.29, 1.82) is 0 Å². The lowest BCUT2D eigenvalue weighted by atomic mass is 10.2. The highest BCUT2D eigenvalue weighted by atomic mass is 127. The Labute approximate surface area is 125 Å². The average molecular weight is 392 g/mol. The second-order valence-corrected chi connectivity index (χ2v) is 5.72. The summed E-state index contributed by atoms with van der Waals surface area (Å²) in [5.74, 6) is -3.89. The zero-order chi connectivity index (χ0) is 14.4. The van der Waals surface area contributed by atoms with Crippen LogP contribution in [0.1, 0.15) is 24.5 Å².